The molecule has 0 aromatic rings. The molecule has 0 amide bonds. The van der Waals surface area contributed by atoms with Crippen LogP contribution in [-0.2, 0) is 5.11 Å². The third kappa shape index (κ3) is 3.76. The van der Waals surface area contributed by atoms with Crippen LogP contribution in [0.25, 0.3) is 0 Å². The summed E-state index contributed by atoms with van der Waals surface area (Å²) in [4.78, 5) is 0. The number of rotatable bonds is 6. The molecule has 0 atom stereocenters. The van der Waals surface area contributed by atoms with Gasteiger partial charge in [-0.05, 0) is 25.3 Å². The molecule has 0 unspecified atom stereocenters. The van der Waals surface area contributed by atoms with Gasteiger partial charge in [-0.25, -0.2) is 0 Å². The first kappa shape index (κ1) is 12.4. The van der Waals surface area contributed by atoms with Crippen LogP contribution in [0.4, 0.5) is 0 Å². The minimum atomic E-state index is -0.857. The lowest BCUT2D eigenvalue weighted by Crippen LogP contribution is -2.33. The van der Waals surface area contributed by atoms with E-state index in [2.05, 4.69) is 0 Å². The van der Waals surface area contributed by atoms with Gasteiger partial charge < -0.3 is 15.3 Å². The Bertz CT molecular complexity index is 153. The largest absolute Gasteiger partial charge is 0.396 e. The molecule has 4 nitrogen and oxygen atoms in total. The van der Waals surface area contributed by atoms with Crippen molar-refractivity contribution >= 4 is 0 Å². The highest BCUT2D eigenvalue weighted by Crippen LogP contribution is 2.24. The van der Waals surface area contributed by atoms with Gasteiger partial charge in [0.1, 0.15) is 6.26 Å². The Kier molecular flexibility index (Phi) is 5.70. The summed E-state index contributed by atoms with van der Waals surface area (Å²) in [6, 6.07) is 0. The van der Waals surface area contributed by atoms with Gasteiger partial charge in [-0.2, -0.15) is 0 Å². The Balaban J connectivity index is 4.10. The maximum absolute atomic E-state index is 10.3. The van der Waals surface area contributed by atoms with E-state index in [1.54, 1.807) is 6.92 Å². The molecular weight excluding hydrogens is 172 g/mol. The number of aliphatic hydroxyl groups is 3. The fourth-order valence-electron chi connectivity index (χ4n) is 0.908. The molecule has 0 aromatic carbocycles. The predicted octanol–water partition coefficient (Wildman–Crippen LogP) is 0.0642. The Labute approximate surface area is 78.1 Å². The number of aliphatic hydroxyl groups excluding tert-OH is 3. The smallest absolute Gasteiger partial charge is 0.141 e. The molecule has 0 saturated heterocycles. The number of allylic oxidation sites excluding steroid dienone is 1. The van der Waals surface area contributed by atoms with Crippen LogP contribution < -0.4 is 0 Å². The van der Waals surface area contributed by atoms with E-state index in [-0.39, 0.29) is 19.8 Å². The molecule has 13 heavy (non-hydrogen) atoms. The van der Waals surface area contributed by atoms with Crippen molar-refractivity contribution in [2.75, 3.05) is 19.8 Å². The van der Waals surface area contributed by atoms with E-state index >= 15 is 0 Å². The zero-order chi connectivity index (χ0) is 10.3. The summed E-state index contributed by atoms with van der Waals surface area (Å²) in [6.07, 6.45) is 1.66. The molecule has 0 fully saturated rings. The average molecular weight is 189 g/mol. The average Bonchev–Trinajstić information content (AvgIpc) is 2.20. The Morgan fingerprint density at radius 3 is 2.00 bits per heavy atom. The van der Waals surface area contributed by atoms with Crippen LogP contribution in [0.2, 0.25) is 0 Å². The zero-order valence-electron chi connectivity index (χ0n) is 7.86. The minimum Gasteiger partial charge on any atom is -0.396 e. The van der Waals surface area contributed by atoms with Gasteiger partial charge in [0.25, 0.3) is 0 Å². The van der Waals surface area contributed by atoms with Crippen molar-refractivity contribution < 1.29 is 20.4 Å². The Hall–Kier alpha value is -0.580. The fraction of sp³-hybridized carbons (Fsp3) is 0.778. The van der Waals surface area contributed by atoms with Gasteiger partial charge in [-0.1, -0.05) is 0 Å². The third-order valence-electron chi connectivity index (χ3n) is 2.26. The highest BCUT2D eigenvalue weighted by Gasteiger charge is 2.27. The molecule has 0 heterocycles. The minimum absolute atomic E-state index is 0.272. The molecule has 0 aromatic heterocycles. The normalized spacial score (nSPS) is 13.4. The lowest BCUT2D eigenvalue weighted by atomic mass is 9.85. The van der Waals surface area contributed by atoms with Crippen molar-refractivity contribution in [1.29, 1.82) is 0 Å². The Morgan fingerprint density at radius 1 is 1.23 bits per heavy atom. The quantitative estimate of drug-likeness (QED) is 0.517. The van der Waals surface area contributed by atoms with Crippen molar-refractivity contribution in [2.45, 2.75) is 19.8 Å². The van der Waals surface area contributed by atoms with Crippen molar-refractivity contribution in [2.24, 2.45) is 5.41 Å². The van der Waals surface area contributed by atoms with Crippen LogP contribution in [0.1, 0.15) is 19.8 Å². The molecule has 0 aliphatic carbocycles. The first-order chi connectivity index (χ1) is 6.14. The van der Waals surface area contributed by atoms with Crippen molar-refractivity contribution in [3.8, 4) is 0 Å². The lowest BCUT2D eigenvalue weighted by Gasteiger charge is -2.27. The molecule has 0 aliphatic heterocycles. The first-order valence-corrected chi connectivity index (χ1v) is 4.24. The summed E-state index contributed by atoms with van der Waals surface area (Å²) in [7, 11) is 0. The van der Waals surface area contributed by atoms with Crippen LogP contribution in [0, 0.1) is 5.41 Å². The molecule has 0 saturated carbocycles. The summed E-state index contributed by atoms with van der Waals surface area (Å²) in [5.41, 5.74) is -0.204. The van der Waals surface area contributed by atoms with Crippen LogP contribution >= 0.6 is 0 Å². The predicted molar refractivity (Wildman–Crippen MR) is 47.4 cm³/mol. The molecule has 0 bridgehead atoms. The van der Waals surface area contributed by atoms with E-state index in [0.717, 1.165) is 6.26 Å². The summed E-state index contributed by atoms with van der Waals surface area (Å²) in [6.45, 7) is 0.869. The second-order valence-electron chi connectivity index (χ2n) is 3.44. The standard InChI is InChI=1S/C9H17O4/c1-8(4-10)2-3-9(5-11,6-12)7-13/h4,11-13H,2-3,5-7H2,1H3. The molecule has 0 rings (SSSR count). The maximum Gasteiger partial charge on any atom is 0.141 e. The first-order valence-electron chi connectivity index (χ1n) is 4.24. The van der Waals surface area contributed by atoms with Gasteiger partial charge in [-0.3, -0.25) is 5.11 Å². The second-order valence-corrected chi connectivity index (χ2v) is 3.44. The van der Waals surface area contributed by atoms with E-state index < -0.39 is 5.41 Å². The second kappa shape index (κ2) is 5.96. The highest BCUT2D eigenvalue weighted by atomic mass is 16.3. The topological polar surface area (TPSA) is 80.6 Å². The van der Waals surface area contributed by atoms with Gasteiger partial charge in [-0.15, -0.1) is 0 Å². The van der Waals surface area contributed by atoms with Gasteiger partial charge in [0.05, 0.1) is 19.8 Å². The van der Waals surface area contributed by atoms with Gasteiger partial charge in [0.2, 0.25) is 0 Å². The summed E-state index contributed by atoms with van der Waals surface area (Å²) >= 11 is 0. The monoisotopic (exact) mass is 189 g/mol. The summed E-state index contributed by atoms with van der Waals surface area (Å²) in [5.74, 6) is 0. The van der Waals surface area contributed by atoms with E-state index in [1.807, 2.05) is 0 Å². The molecular formula is C9H17O4. The number of hydrogen-bond donors (Lipinski definition) is 3. The molecule has 0 spiro atoms. The SMILES string of the molecule is CC(=C[O])CCC(CO)(CO)CO. The van der Waals surface area contributed by atoms with Crippen molar-refractivity contribution in [1.82, 2.24) is 0 Å². The van der Waals surface area contributed by atoms with Gasteiger partial charge >= 0.3 is 0 Å². The van der Waals surface area contributed by atoms with E-state index in [9.17, 15) is 5.11 Å². The third-order valence-corrected chi connectivity index (χ3v) is 2.26. The molecule has 3 N–H and O–H groups in total. The van der Waals surface area contributed by atoms with Crippen LogP contribution in [0.5, 0.6) is 0 Å². The summed E-state index contributed by atoms with van der Waals surface area (Å²) in [5, 5.41) is 37.1. The Morgan fingerprint density at radius 2 is 1.69 bits per heavy atom. The van der Waals surface area contributed by atoms with Crippen molar-refractivity contribution in [3.05, 3.63) is 11.8 Å². The molecule has 0 aliphatic rings. The molecule has 77 valence electrons. The zero-order valence-corrected chi connectivity index (χ0v) is 7.86. The van der Waals surface area contributed by atoms with Gasteiger partial charge in [0, 0.05) is 5.41 Å². The van der Waals surface area contributed by atoms with Crippen molar-refractivity contribution in [3.63, 3.8) is 0 Å². The lowest BCUT2D eigenvalue weighted by molar-refractivity contribution is -0.000376. The van der Waals surface area contributed by atoms with Crippen LogP contribution in [0.15, 0.2) is 11.8 Å². The van der Waals surface area contributed by atoms with Crippen LogP contribution in [-0.4, -0.2) is 35.1 Å². The van der Waals surface area contributed by atoms with E-state index in [4.69, 9.17) is 15.3 Å². The highest BCUT2D eigenvalue weighted by molar-refractivity contribution is 4.94. The molecule has 4 heteroatoms. The molecule has 1 radical (unpaired) electrons. The van der Waals surface area contributed by atoms with Gasteiger partial charge in [0.15, 0.2) is 0 Å². The van der Waals surface area contributed by atoms with Crippen LogP contribution in [0.3, 0.4) is 0 Å². The maximum atomic E-state index is 10.3. The fourth-order valence-corrected chi connectivity index (χ4v) is 0.908. The summed E-state index contributed by atoms with van der Waals surface area (Å²) < 4.78 is 0. The number of hydrogen-bond acceptors (Lipinski definition) is 3. The van der Waals surface area contributed by atoms with E-state index in [0.29, 0.717) is 18.4 Å². The van der Waals surface area contributed by atoms with E-state index in [1.165, 1.54) is 0 Å².